The molecular formula is C13H8Cl2NO4S-. The highest BCUT2D eigenvalue weighted by molar-refractivity contribution is 7.92. The number of benzene rings is 2. The maximum absolute atomic E-state index is 12.3. The topological polar surface area (TPSA) is 86.3 Å². The Balaban J connectivity index is 2.50. The van der Waals surface area contributed by atoms with Crippen molar-refractivity contribution in [2.45, 2.75) is 4.90 Å². The minimum Gasteiger partial charge on any atom is -0.545 e. The Labute approximate surface area is 131 Å². The number of anilines is 1. The number of carbonyl (C=O) groups excluding carboxylic acids is 1. The first-order valence-electron chi connectivity index (χ1n) is 5.59. The van der Waals surface area contributed by atoms with Crippen LogP contribution in [0.3, 0.4) is 0 Å². The lowest BCUT2D eigenvalue weighted by molar-refractivity contribution is -0.255. The summed E-state index contributed by atoms with van der Waals surface area (Å²) in [6.45, 7) is 0. The fraction of sp³-hybridized carbons (Fsp3) is 0. The van der Waals surface area contributed by atoms with Gasteiger partial charge in [0.15, 0.2) is 0 Å². The summed E-state index contributed by atoms with van der Waals surface area (Å²) in [6, 6.07) is 10.0. The Bertz CT molecular complexity index is 791. The van der Waals surface area contributed by atoms with E-state index in [9.17, 15) is 18.3 Å². The van der Waals surface area contributed by atoms with Crippen LogP contribution in [0.2, 0.25) is 10.0 Å². The zero-order valence-corrected chi connectivity index (χ0v) is 12.7. The van der Waals surface area contributed by atoms with Crippen molar-refractivity contribution in [3.63, 3.8) is 0 Å². The number of carbonyl (C=O) groups is 1. The van der Waals surface area contributed by atoms with Crippen molar-refractivity contribution in [1.82, 2.24) is 0 Å². The molecule has 8 heteroatoms. The Hall–Kier alpha value is -1.76. The Morgan fingerprint density at radius 2 is 1.67 bits per heavy atom. The molecule has 5 nitrogen and oxygen atoms in total. The van der Waals surface area contributed by atoms with Crippen LogP contribution in [0.25, 0.3) is 0 Å². The van der Waals surface area contributed by atoms with Gasteiger partial charge in [0.1, 0.15) is 4.90 Å². The molecule has 21 heavy (non-hydrogen) atoms. The lowest BCUT2D eigenvalue weighted by Crippen LogP contribution is -2.23. The number of hydrogen-bond donors (Lipinski definition) is 1. The number of sulfonamides is 1. The number of nitrogens with one attached hydrogen (secondary N) is 1. The van der Waals surface area contributed by atoms with E-state index < -0.39 is 26.5 Å². The Morgan fingerprint density at radius 1 is 1.05 bits per heavy atom. The van der Waals surface area contributed by atoms with E-state index in [0.717, 1.165) is 12.1 Å². The fourth-order valence-electron chi connectivity index (χ4n) is 1.61. The predicted octanol–water partition coefficient (Wildman–Crippen LogP) is 2.16. The molecule has 1 N–H and O–H groups in total. The fourth-order valence-corrected chi connectivity index (χ4v) is 3.52. The summed E-state index contributed by atoms with van der Waals surface area (Å²) in [5, 5.41) is 10.5. The van der Waals surface area contributed by atoms with Crippen LogP contribution in [0.4, 0.5) is 5.69 Å². The van der Waals surface area contributed by atoms with Gasteiger partial charge in [0, 0.05) is 11.3 Å². The van der Waals surface area contributed by atoms with Crippen molar-refractivity contribution < 1.29 is 18.3 Å². The Morgan fingerprint density at radius 3 is 2.24 bits per heavy atom. The van der Waals surface area contributed by atoms with Crippen LogP contribution in [-0.4, -0.2) is 14.4 Å². The lowest BCUT2D eigenvalue weighted by Gasteiger charge is -2.12. The molecule has 0 spiro atoms. The van der Waals surface area contributed by atoms with Crippen LogP contribution in [0.1, 0.15) is 10.4 Å². The molecule has 0 aliphatic carbocycles. The maximum atomic E-state index is 12.3. The SMILES string of the molecule is O=C([O-])c1cc(S(=O)(=O)Nc2ccccc2)c(Cl)cc1Cl. The zero-order chi connectivity index (χ0) is 15.6. The molecule has 0 saturated heterocycles. The van der Waals surface area contributed by atoms with E-state index in [-0.39, 0.29) is 10.0 Å². The second-order valence-electron chi connectivity index (χ2n) is 4.02. The van der Waals surface area contributed by atoms with Crippen LogP contribution in [0.15, 0.2) is 47.4 Å². The standard InChI is InChI=1S/C13H9Cl2NO4S/c14-10-7-11(15)12(6-9(10)13(17)18)21(19,20)16-8-4-2-1-3-5-8/h1-7,16H,(H,17,18)/p-1. The quantitative estimate of drug-likeness (QED) is 0.920. The zero-order valence-electron chi connectivity index (χ0n) is 10.3. The third-order valence-electron chi connectivity index (χ3n) is 2.56. The molecule has 2 aromatic rings. The van der Waals surface area contributed by atoms with Crippen molar-refractivity contribution in [3.05, 3.63) is 58.1 Å². The van der Waals surface area contributed by atoms with E-state index in [0.29, 0.717) is 5.69 Å². The molecule has 0 aliphatic rings. The van der Waals surface area contributed by atoms with E-state index >= 15 is 0 Å². The minimum absolute atomic E-state index is 0.187. The van der Waals surface area contributed by atoms with Crippen molar-refractivity contribution in [1.29, 1.82) is 0 Å². The summed E-state index contributed by atoms with van der Waals surface area (Å²) >= 11 is 11.5. The first-order valence-corrected chi connectivity index (χ1v) is 7.83. The maximum Gasteiger partial charge on any atom is 0.263 e. The van der Waals surface area contributed by atoms with Gasteiger partial charge in [-0.15, -0.1) is 0 Å². The van der Waals surface area contributed by atoms with E-state index in [1.807, 2.05) is 0 Å². The molecule has 0 aliphatic heterocycles. The van der Waals surface area contributed by atoms with Gasteiger partial charge in [-0.25, -0.2) is 8.42 Å². The summed E-state index contributed by atoms with van der Waals surface area (Å²) in [5.41, 5.74) is -0.131. The van der Waals surface area contributed by atoms with Crippen LogP contribution < -0.4 is 9.83 Å². The monoisotopic (exact) mass is 344 g/mol. The molecule has 0 saturated carbocycles. The van der Waals surface area contributed by atoms with Gasteiger partial charge >= 0.3 is 0 Å². The van der Waals surface area contributed by atoms with E-state index in [1.54, 1.807) is 30.3 Å². The van der Waals surface area contributed by atoms with Gasteiger partial charge in [0.25, 0.3) is 10.0 Å². The molecule has 0 unspecified atom stereocenters. The molecule has 0 bridgehead atoms. The highest BCUT2D eigenvalue weighted by atomic mass is 35.5. The van der Waals surface area contributed by atoms with Gasteiger partial charge in [-0.1, -0.05) is 41.4 Å². The second-order valence-corrected chi connectivity index (χ2v) is 6.49. The molecule has 0 heterocycles. The average molecular weight is 345 g/mol. The van der Waals surface area contributed by atoms with E-state index in [1.165, 1.54) is 0 Å². The summed E-state index contributed by atoms with van der Waals surface area (Å²) in [6.07, 6.45) is 0. The average Bonchev–Trinajstić information content (AvgIpc) is 2.38. The highest BCUT2D eigenvalue weighted by Crippen LogP contribution is 2.29. The summed E-state index contributed by atoms with van der Waals surface area (Å²) in [4.78, 5) is 10.5. The third-order valence-corrected chi connectivity index (χ3v) is 4.72. The minimum atomic E-state index is -4.05. The normalized spacial score (nSPS) is 11.1. The number of halogens is 2. The smallest absolute Gasteiger partial charge is 0.263 e. The number of hydrogen-bond acceptors (Lipinski definition) is 4. The predicted molar refractivity (Wildman–Crippen MR) is 78.0 cm³/mol. The highest BCUT2D eigenvalue weighted by Gasteiger charge is 2.20. The summed E-state index contributed by atoms with van der Waals surface area (Å²) < 4.78 is 26.8. The van der Waals surface area contributed by atoms with Gasteiger partial charge in [-0.2, -0.15) is 0 Å². The molecule has 2 aromatic carbocycles. The van der Waals surface area contributed by atoms with Crippen molar-refractivity contribution in [3.8, 4) is 0 Å². The molecule has 110 valence electrons. The number of carboxylic acid groups (broad SMARTS) is 1. The van der Waals surface area contributed by atoms with E-state index in [4.69, 9.17) is 23.2 Å². The van der Waals surface area contributed by atoms with Crippen LogP contribution in [0, 0.1) is 0 Å². The molecule has 2 rings (SSSR count). The van der Waals surface area contributed by atoms with Crippen LogP contribution in [0.5, 0.6) is 0 Å². The molecule has 0 amide bonds. The number of carboxylic acids is 1. The molecule has 0 atom stereocenters. The largest absolute Gasteiger partial charge is 0.545 e. The van der Waals surface area contributed by atoms with Crippen molar-refractivity contribution >= 4 is 44.9 Å². The van der Waals surface area contributed by atoms with Gasteiger partial charge in [-0.05, 0) is 24.3 Å². The van der Waals surface area contributed by atoms with Crippen molar-refractivity contribution in [2.75, 3.05) is 4.72 Å². The first kappa shape index (κ1) is 15.6. The van der Waals surface area contributed by atoms with Crippen molar-refractivity contribution in [2.24, 2.45) is 0 Å². The molecule has 0 aromatic heterocycles. The van der Waals surface area contributed by atoms with Gasteiger partial charge < -0.3 is 9.90 Å². The number of aromatic carboxylic acids is 1. The summed E-state index contributed by atoms with van der Waals surface area (Å²) in [5.74, 6) is -1.59. The third kappa shape index (κ3) is 3.47. The van der Waals surface area contributed by atoms with Gasteiger partial charge in [-0.3, -0.25) is 4.72 Å². The first-order chi connectivity index (χ1) is 9.81. The molecule has 0 radical (unpaired) electrons. The van der Waals surface area contributed by atoms with Gasteiger partial charge in [0.05, 0.1) is 16.0 Å². The molecular weight excluding hydrogens is 337 g/mol. The lowest BCUT2D eigenvalue weighted by atomic mass is 10.2. The van der Waals surface area contributed by atoms with Gasteiger partial charge in [0.2, 0.25) is 0 Å². The summed E-state index contributed by atoms with van der Waals surface area (Å²) in [7, 11) is -4.05. The number of para-hydroxylation sites is 1. The van der Waals surface area contributed by atoms with Crippen LogP contribution >= 0.6 is 23.2 Å². The second kappa shape index (κ2) is 5.93. The number of rotatable bonds is 4. The molecule has 0 fully saturated rings. The Kier molecular flexibility index (Phi) is 4.41. The van der Waals surface area contributed by atoms with Crippen LogP contribution in [-0.2, 0) is 10.0 Å². The van der Waals surface area contributed by atoms with E-state index in [2.05, 4.69) is 4.72 Å².